The monoisotopic (exact) mass is 427 g/mol. The van der Waals surface area contributed by atoms with E-state index in [9.17, 15) is 9.59 Å². The van der Waals surface area contributed by atoms with Crippen LogP contribution in [0.1, 0.15) is 36.0 Å². The van der Waals surface area contributed by atoms with Gasteiger partial charge in [-0.2, -0.15) is 0 Å². The van der Waals surface area contributed by atoms with Crippen molar-refractivity contribution in [1.82, 2.24) is 0 Å². The second-order valence-corrected chi connectivity index (χ2v) is 8.72. The summed E-state index contributed by atoms with van der Waals surface area (Å²) in [5, 5.41) is 0. The number of nitrogens with two attached hydrogens (primary N) is 1. The van der Waals surface area contributed by atoms with Gasteiger partial charge in [0.25, 0.3) is 0 Å². The third-order valence-electron chi connectivity index (χ3n) is 6.30. The second kappa shape index (κ2) is 9.82. The first-order chi connectivity index (χ1) is 15.5. The molecule has 1 aliphatic rings. The molecular weight excluding hydrogens is 398 g/mol. The van der Waals surface area contributed by atoms with Crippen LogP contribution in [-0.2, 0) is 33.6 Å². The summed E-state index contributed by atoms with van der Waals surface area (Å²) in [5.74, 6) is -1.21. The number of anilines is 1. The fraction of sp³-hybridized carbons (Fsp3) is 0.286. The minimum Gasteiger partial charge on any atom is -0.458 e. The lowest BCUT2D eigenvalue weighted by atomic mass is 9.78. The van der Waals surface area contributed by atoms with Crippen LogP contribution in [0.5, 0.6) is 0 Å². The summed E-state index contributed by atoms with van der Waals surface area (Å²) in [6, 6.07) is 27.6. The molecule has 1 heterocycles. The third-order valence-corrected chi connectivity index (χ3v) is 6.30. The third kappa shape index (κ3) is 5.44. The van der Waals surface area contributed by atoms with Gasteiger partial charge < -0.3 is 10.5 Å². The predicted octanol–water partition coefficient (Wildman–Crippen LogP) is 4.95. The standard InChI is InChI=1S/C28H29NO3/c29-24-13-7-12-23(18-24)19-25-26(30)20-28(32-27(25)31,16-14-21-8-3-1-4-9-21)17-15-22-10-5-2-6-11-22/h1-13,18,25H,14-17,19-20,29H2. The van der Waals surface area contributed by atoms with Crippen LogP contribution in [0.3, 0.4) is 0 Å². The zero-order valence-corrected chi connectivity index (χ0v) is 18.2. The molecule has 1 unspecified atom stereocenters. The first kappa shape index (κ1) is 21.8. The molecule has 164 valence electrons. The van der Waals surface area contributed by atoms with Crippen molar-refractivity contribution < 1.29 is 14.3 Å². The number of Topliss-reactive ketones (excluding diaryl/α,β-unsaturated/α-hetero) is 1. The van der Waals surface area contributed by atoms with Crippen molar-refractivity contribution in [2.24, 2.45) is 5.92 Å². The summed E-state index contributed by atoms with van der Waals surface area (Å²) in [5.41, 5.74) is 8.95. The topological polar surface area (TPSA) is 69.4 Å². The molecule has 2 N–H and O–H groups in total. The van der Waals surface area contributed by atoms with Crippen molar-refractivity contribution in [1.29, 1.82) is 0 Å². The van der Waals surface area contributed by atoms with E-state index in [1.807, 2.05) is 54.6 Å². The summed E-state index contributed by atoms with van der Waals surface area (Å²) in [7, 11) is 0. The van der Waals surface area contributed by atoms with Gasteiger partial charge in [0.2, 0.25) is 0 Å². The van der Waals surface area contributed by atoms with E-state index >= 15 is 0 Å². The Morgan fingerprint density at radius 3 is 1.88 bits per heavy atom. The molecule has 32 heavy (non-hydrogen) atoms. The maximum absolute atomic E-state index is 13.2. The molecule has 4 heteroatoms. The number of ether oxygens (including phenoxy) is 1. The summed E-state index contributed by atoms with van der Waals surface area (Å²) in [6.45, 7) is 0. The van der Waals surface area contributed by atoms with E-state index in [4.69, 9.17) is 10.5 Å². The van der Waals surface area contributed by atoms with Crippen molar-refractivity contribution in [3.8, 4) is 0 Å². The first-order valence-corrected chi connectivity index (χ1v) is 11.2. The van der Waals surface area contributed by atoms with Crippen LogP contribution in [0, 0.1) is 5.92 Å². The van der Waals surface area contributed by atoms with Crippen molar-refractivity contribution >= 4 is 17.4 Å². The normalized spacial score (nSPS) is 17.7. The van der Waals surface area contributed by atoms with Crippen LogP contribution in [-0.4, -0.2) is 17.4 Å². The van der Waals surface area contributed by atoms with Crippen molar-refractivity contribution in [2.75, 3.05) is 5.73 Å². The molecule has 0 amide bonds. The molecule has 1 saturated heterocycles. The highest BCUT2D eigenvalue weighted by Crippen LogP contribution is 2.36. The van der Waals surface area contributed by atoms with E-state index in [-0.39, 0.29) is 12.2 Å². The Morgan fingerprint density at radius 2 is 1.34 bits per heavy atom. The first-order valence-electron chi connectivity index (χ1n) is 11.2. The van der Waals surface area contributed by atoms with Gasteiger partial charge >= 0.3 is 5.97 Å². The second-order valence-electron chi connectivity index (χ2n) is 8.72. The van der Waals surface area contributed by atoms with E-state index in [1.54, 1.807) is 6.07 Å². The van der Waals surface area contributed by atoms with Gasteiger partial charge in [0.1, 0.15) is 11.5 Å². The summed E-state index contributed by atoms with van der Waals surface area (Å²) < 4.78 is 6.11. The van der Waals surface area contributed by atoms with Gasteiger partial charge in [0.05, 0.1) is 0 Å². The summed E-state index contributed by atoms with van der Waals surface area (Å²) >= 11 is 0. The molecule has 1 fully saturated rings. The molecule has 3 aromatic rings. The van der Waals surface area contributed by atoms with Crippen LogP contribution >= 0.6 is 0 Å². The highest BCUT2D eigenvalue weighted by molar-refractivity contribution is 6.01. The molecule has 0 aliphatic carbocycles. The van der Waals surface area contributed by atoms with Gasteiger partial charge in [-0.15, -0.1) is 0 Å². The highest BCUT2D eigenvalue weighted by Gasteiger charge is 2.46. The number of cyclic esters (lactones) is 1. The molecule has 3 aromatic carbocycles. The summed E-state index contributed by atoms with van der Waals surface area (Å²) in [4.78, 5) is 26.3. The lowest BCUT2D eigenvalue weighted by Gasteiger charge is -2.39. The Bertz CT molecular complexity index is 999. The molecule has 4 rings (SSSR count). The molecule has 0 bridgehead atoms. The number of ketones is 1. The smallest absolute Gasteiger partial charge is 0.317 e. The Balaban J connectivity index is 1.51. The molecule has 0 radical (unpaired) electrons. The van der Waals surface area contributed by atoms with Crippen molar-refractivity contribution in [2.45, 2.75) is 44.1 Å². The molecular formula is C28H29NO3. The van der Waals surface area contributed by atoms with E-state index in [0.717, 1.165) is 18.4 Å². The van der Waals surface area contributed by atoms with Crippen LogP contribution < -0.4 is 5.73 Å². The molecule has 1 atom stereocenters. The largest absolute Gasteiger partial charge is 0.458 e. The van der Waals surface area contributed by atoms with Gasteiger partial charge in [-0.1, -0.05) is 72.8 Å². The number of aryl methyl sites for hydroxylation is 2. The lowest BCUT2D eigenvalue weighted by molar-refractivity contribution is -0.179. The molecule has 0 spiro atoms. The minimum atomic E-state index is -0.772. The van der Waals surface area contributed by atoms with Crippen LogP contribution in [0.2, 0.25) is 0 Å². The van der Waals surface area contributed by atoms with E-state index in [1.165, 1.54) is 11.1 Å². The van der Waals surface area contributed by atoms with Crippen LogP contribution in [0.4, 0.5) is 5.69 Å². The maximum Gasteiger partial charge on any atom is 0.317 e. The number of benzene rings is 3. The molecule has 0 aromatic heterocycles. The van der Waals surface area contributed by atoms with Crippen molar-refractivity contribution in [3.63, 3.8) is 0 Å². The van der Waals surface area contributed by atoms with Gasteiger partial charge in [-0.25, -0.2) is 0 Å². The Morgan fingerprint density at radius 1 is 0.781 bits per heavy atom. The minimum absolute atomic E-state index is 0.0372. The van der Waals surface area contributed by atoms with Gasteiger partial charge in [0, 0.05) is 12.1 Å². The van der Waals surface area contributed by atoms with E-state index in [0.29, 0.717) is 24.9 Å². The average molecular weight is 428 g/mol. The number of hydrogen-bond acceptors (Lipinski definition) is 4. The molecule has 0 saturated carbocycles. The highest BCUT2D eigenvalue weighted by atomic mass is 16.6. The number of rotatable bonds is 8. The van der Waals surface area contributed by atoms with Crippen molar-refractivity contribution in [3.05, 3.63) is 102 Å². The zero-order chi connectivity index (χ0) is 22.4. The Kier molecular flexibility index (Phi) is 6.69. The number of hydrogen-bond donors (Lipinski definition) is 1. The fourth-order valence-electron chi connectivity index (χ4n) is 4.48. The SMILES string of the molecule is Nc1cccc(CC2C(=O)CC(CCc3ccccc3)(CCc3ccccc3)OC2=O)c1. The molecule has 1 aliphatic heterocycles. The van der Waals surface area contributed by atoms with Gasteiger partial charge in [0.15, 0.2) is 5.78 Å². The maximum atomic E-state index is 13.2. The zero-order valence-electron chi connectivity index (χ0n) is 18.2. The van der Waals surface area contributed by atoms with E-state index in [2.05, 4.69) is 24.3 Å². The van der Waals surface area contributed by atoms with E-state index < -0.39 is 17.5 Å². The van der Waals surface area contributed by atoms with Gasteiger partial charge in [-0.3, -0.25) is 9.59 Å². The van der Waals surface area contributed by atoms with Crippen LogP contribution in [0.15, 0.2) is 84.9 Å². The Hall–Kier alpha value is -3.40. The van der Waals surface area contributed by atoms with Crippen LogP contribution in [0.25, 0.3) is 0 Å². The number of esters is 1. The fourth-order valence-corrected chi connectivity index (χ4v) is 4.48. The predicted molar refractivity (Wildman–Crippen MR) is 126 cm³/mol. The quantitative estimate of drug-likeness (QED) is 0.314. The number of carbonyl (C=O) groups excluding carboxylic acids is 2. The number of carbonyl (C=O) groups is 2. The molecule has 4 nitrogen and oxygen atoms in total. The Labute approximate surface area is 189 Å². The lowest BCUT2D eigenvalue weighted by Crippen LogP contribution is -2.48. The average Bonchev–Trinajstić information content (AvgIpc) is 2.80. The number of nitrogen functional groups attached to an aromatic ring is 1. The van der Waals surface area contributed by atoms with Gasteiger partial charge in [-0.05, 0) is 60.9 Å². The summed E-state index contributed by atoms with van der Waals surface area (Å²) in [6.07, 6.45) is 3.37.